The van der Waals surface area contributed by atoms with Crippen molar-refractivity contribution in [2.75, 3.05) is 0 Å². The lowest BCUT2D eigenvalue weighted by Crippen LogP contribution is -2.51. The highest BCUT2D eigenvalue weighted by Crippen LogP contribution is 2.64. The van der Waals surface area contributed by atoms with Gasteiger partial charge in [0.05, 0.1) is 6.10 Å². The Morgan fingerprint density at radius 1 is 1.30 bits per heavy atom. The number of aliphatic hydroxyl groups is 1. The van der Waals surface area contributed by atoms with Gasteiger partial charge in [-0.05, 0) is 67.2 Å². The summed E-state index contributed by atoms with van der Waals surface area (Å²) in [6.07, 6.45) is 4.21. The quantitative estimate of drug-likeness (QED) is 0.772. The first-order valence-electron chi connectivity index (χ1n) is 8.70. The summed E-state index contributed by atoms with van der Waals surface area (Å²) in [5.74, 6) is 0.828. The molecule has 3 heteroatoms. The average Bonchev–Trinajstić information content (AvgIpc) is 2.77. The van der Waals surface area contributed by atoms with Crippen LogP contribution in [0.15, 0.2) is 30.9 Å². The first kappa shape index (κ1) is 15.2. The summed E-state index contributed by atoms with van der Waals surface area (Å²) < 4.78 is 14.7. The Hall–Kier alpha value is -1.35. The topological polar surface area (TPSA) is 40.5 Å². The van der Waals surface area contributed by atoms with Crippen molar-refractivity contribution < 1.29 is 14.6 Å². The van der Waals surface area contributed by atoms with E-state index in [1.54, 1.807) is 6.07 Å². The van der Waals surface area contributed by atoms with Gasteiger partial charge in [-0.25, -0.2) is 4.39 Å². The van der Waals surface area contributed by atoms with Crippen molar-refractivity contribution in [2.45, 2.75) is 56.7 Å². The molecule has 0 aromatic heterocycles. The predicted molar refractivity (Wildman–Crippen MR) is 88.1 cm³/mol. The Bertz CT molecular complexity index is 657. The fourth-order valence-electron chi connectivity index (χ4n) is 5.97. The minimum atomic E-state index is -1.11. The van der Waals surface area contributed by atoms with Crippen LogP contribution >= 0.6 is 0 Å². The Balaban J connectivity index is 1.83. The zero-order valence-corrected chi connectivity index (χ0v) is 13.6. The fourth-order valence-corrected chi connectivity index (χ4v) is 5.97. The van der Waals surface area contributed by atoms with Crippen LogP contribution in [0.25, 0.3) is 0 Å². The number of halogens is 1. The molecule has 23 heavy (non-hydrogen) atoms. The molecule has 1 unspecified atom stereocenters. The van der Waals surface area contributed by atoms with Crippen LogP contribution in [0.5, 0.6) is 5.75 Å². The smallest absolute Gasteiger partial charge is 0.131 e. The maximum atomic E-state index is 14.7. The van der Waals surface area contributed by atoms with Crippen LogP contribution in [-0.2, 0) is 11.8 Å². The van der Waals surface area contributed by atoms with E-state index in [-0.39, 0.29) is 11.3 Å². The van der Waals surface area contributed by atoms with E-state index in [0.717, 1.165) is 25.7 Å². The maximum Gasteiger partial charge on any atom is 0.131 e. The number of aromatic hydroxyl groups is 1. The number of phenols is 1. The van der Waals surface area contributed by atoms with Crippen LogP contribution in [0, 0.1) is 17.3 Å². The molecule has 6 atom stereocenters. The van der Waals surface area contributed by atoms with Crippen molar-refractivity contribution in [2.24, 2.45) is 17.3 Å². The SMILES string of the molecule is C=C[C@]12CC[C@@]3(C)C(F)[C@H](O)C[C@H]3[C@@H]1CCc1cc(O)ccc12. The summed E-state index contributed by atoms with van der Waals surface area (Å²) in [4.78, 5) is 0. The number of hydrogen-bond donors (Lipinski definition) is 2. The number of aryl methyl sites for hydroxylation is 1. The lowest BCUT2D eigenvalue weighted by atomic mass is 9.48. The van der Waals surface area contributed by atoms with Crippen LogP contribution in [0.3, 0.4) is 0 Å². The summed E-state index contributed by atoms with van der Waals surface area (Å²) in [5.41, 5.74) is 1.89. The maximum absolute atomic E-state index is 14.7. The highest BCUT2D eigenvalue weighted by atomic mass is 19.1. The second-order valence-corrected chi connectivity index (χ2v) is 8.05. The molecule has 0 amide bonds. The molecule has 2 fully saturated rings. The molecule has 4 rings (SSSR count). The van der Waals surface area contributed by atoms with Gasteiger partial charge in [0.15, 0.2) is 0 Å². The second kappa shape index (κ2) is 4.83. The molecule has 0 saturated heterocycles. The standard InChI is InChI=1S/C20H25FO2/c1-3-20-9-8-19(2)16(11-17(23)18(19)21)15(20)6-4-12-10-13(22)5-7-14(12)20/h3,5,7,10,15-18,22-23H,1,4,6,8-9,11H2,2H3/t15-,16-,17+,18?,19+,20+/m0/s1. The van der Waals surface area contributed by atoms with Gasteiger partial charge in [0.25, 0.3) is 0 Å². The Morgan fingerprint density at radius 3 is 2.83 bits per heavy atom. The number of alkyl halides is 1. The summed E-state index contributed by atoms with van der Waals surface area (Å²) in [6, 6.07) is 5.65. The number of benzene rings is 1. The van der Waals surface area contributed by atoms with Gasteiger partial charge in [-0.2, -0.15) is 0 Å². The molecule has 0 spiro atoms. The van der Waals surface area contributed by atoms with E-state index in [0.29, 0.717) is 18.1 Å². The number of hydrogen-bond acceptors (Lipinski definition) is 2. The monoisotopic (exact) mass is 316 g/mol. The van der Waals surface area contributed by atoms with Gasteiger partial charge in [0.1, 0.15) is 11.9 Å². The third kappa shape index (κ3) is 1.83. The van der Waals surface area contributed by atoms with Crippen molar-refractivity contribution in [1.82, 2.24) is 0 Å². The third-order valence-corrected chi connectivity index (χ3v) is 7.21. The van der Waals surface area contributed by atoms with E-state index in [4.69, 9.17) is 0 Å². The summed E-state index contributed by atoms with van der Waals surface area (Å²) in [7, 11) is 0. The molecular formula is C20H25FO2. The van der Waals surface area contributed by atoms with Crippen LogP contribution < -0.4 is 0 Å². The van der Waals surface area contributed by atoms with Gasteiger partial charge >= 0.3 is 0 Å². The van der Waals surface area contributed by atoms with E-state index in [1.165, 1.54) is 11.1 Å². The molecule has 1 aromatic carbocycles. The van der Waals surface area contributed by atoms with Gasteiger partial charge in [0, 0.05) is 10.8 Å². The predicted octanol–water partition coefficient (Wildman–Crippen LogP) is 3.90. The number of rotatable bonds is 1. The lowest BCUT2D eigenvalue weighted by Gasteiger charge is -2.55. The molecule has 0 aliphatic heterocycles. The molecule has 0 radical (unpaired) electrons. The van der Waals surface area contributed by atoms with Crippen molar-refractivity contribution in [3.05, 3.63) is 42.0 Å². The van der Waals surface area contributed by atoms with Crippen molar-refractivity contribution >= 4 is 0 Å². The number of aliphatic hydroxyl groups excluding tert-OH is 1. The fraction of sp³-hybridized carbons (Fsp3) is 0.600. The Kier molecular flexibility index (Phi) is 3.19. The molecule has 3 aliphatic rings. The van der Waals surface area contributed by atoms with Crippen molar-refractivity contribution in [3.8, 4) is 5.75 Å². The number of phenolic OH excluding ortho intramolecular Hbond substituents is 1. The molecule has 1 aromatic rings. The van der Waals surface area contributed by atoms with E-state index in [9.17, 15) is 14.6 Å². The molecule has 0 bridgehead atoms. The van der Waals surface area contributed by atoms with Gasteiger partial charge in [-0.3, -0.25) is 0 Å². The van der Waals surface area contributed by atoms with Crippen LogP contribution in [0.4, 0.5) is 4.39 Å². The summed E-state index contributed by atoms with van der Waals surface area (Å²) >= 11 is 0. The zero-order chi connectivity index (χ0) is 16.4. The molecular weight excluding hydrogens is 291 g/mol. The largest absolute Gasteiger partial charge is 0.508 e. The first-order chi connectivity index (χ1) is 10.9. The van der Waals surface area contributed by atoms with Gasteiger partial charge in [-0.1, -0.05) is 19.1 Å². The summed E-state index contributed by atoms with van der Waals surface area (Å²) in [5, 5.41) is 19.9. The Morgan fingerprint density at radius 2 is 2.09 bits per heavy atom. The van der Waals surface area contributed by atoms with Gasteiger partial charge in [0.2, 0.25) is 0 Å². The minimum absolute atomic E-state index is 0.144. The van der Waals surface area contributed by atoms with E-state index in [1.807, 2.05) is 19.1 Å². The first-order valence-corrected chi connectivity index (χ1v) is 8.70. The third-order valence-electron chi connectivity index (χ3n) is 7.21. The second-order valence-electron chi connectivity index (χ2n) is 8.05. The van der Waals surface area contributed by atoms with Crippen molar-refractivity contribution in [3.63, 3.8) is 0 Å². The number of fused-ring (bicyclic) bond motifs is 5. The highest BCUT2D eigenvalue weighted by molar-refractivity contribution is 5.46. The minimum Gasteiger partial charge on any atom is -0.508 e. The van der Waals surface area contributed by atoms with Crippen molar-refractivity contribution in [1.29, 1.82) is 0 Å². The molecule has 3 aliphatic carbocycles. The van der Waals surface area contributed by atoms with Crippen LogP contribution in [-0.4, -0.2) is 22.5 Å². The lowest BCUT2D eigenvalue weighted by molar-refractivity contribution is -0.0198. The normalized spacial score (nSPS) is 45.0. The molecule has 2 saturated carbocycles. The van der Waals surface area contributed by atoms with Crippen LogP contribution in [0.1, 0.15) is 43.7 Å². The van der Waals surface area contributed by atoms with Gasteiger partial charge in [-0.15, -0.1) is 6.58 Å². The molecule has 0 heterocycles. The van der Waals surface area contributed by atoms with Crippen LogP contribution in [0.2, 0.25) is 0 Å². The van der Waals surface area contributed by atoms with Gasteiger partial charge < -0.3 is 10.2 Å². The molecule has 124 valence electrons. The Labute approximate surface area is 137 Å². The van der Waals surface area contributed by atoms with E-state index < -0.39 is 17.7 Å². The highest BCUT2D eigenvalue weighted by Gasteiger charge is 2.62. The number of allylic oxidation sites excluding steroid dienone is 1. The summed E-state index contributed by atoms with van der Waals surface area (Å²) in [6.45, 7) is 6.16. The average molecular weight is 316 g/mol. The van der Waals surface area contributed by atoms with E-state index in [2.05, 4.69) is 12.7 Å². The molecule has 2 nitrogen and oxygen atoms in total. The molecule has 2 N–H and O–H groups in total. The zero-order valence-electron chi connectivity index (χ0n) is 13.6. The van der Waals surface area contributed by atoms with E-state index >= 15 is 0 Å².